The molecule has 1 rings (SSSR count). The first-order chi connectivity index (χ1) is 10.9. The number of hydrogen-bond acceptors (Lipinski definition) is 2. The highest BCUT2D eigenvalue weighted by atomic mass is 32.2. The summed E-state index contributed by atoms with van der Waals surface area (Å²) < 4.78 is 4.16. The molecule has 0 aliphatic carbocycles. The lowest BCUT2D eigenvalue weighted by Gasteiger charge is -2.04. The molecule has 1 aromatic rings. The summed E-state index contributed by atoms with van der Waals surface area (Å²) in [5.74, 6) is 0. The SMILES string of the molecule is CCCCCCCC[N+](CCCCCCCC)=c1sccs1. The van der Waals surface area contributed by atoms with E-state index in [1.165, 1.54) is 94.1 Å². The second-order valence-electron chi connectivity index (χ2n) is 6.30. The van der Waals surface area contributed by atoms with Crippen LogP contribution in [0.15, 0.2) is 10.8 Å². The molecule has 0 spiro atoms. The van der Waals surface area contributed by atoms with Crippen molar-refractivity contribution >= 4 is 22.7 Å². The molecular formula is C19H36NS2+. The third kappa shape index (κ3) is 9.78. The lowest BCUT2D eigenvalue weighted by molar-refractivity contribution is 0.497. The second-order valence-corrected chi connectivity index (χ2v) is 8.34. The van der Waals surface area contributed by atoms with Crippen LogP contribution >= 0.6 is 22.7 Å². The van der Waals surface area contributed by atoms with E-state index in [-0.39, 0.29) is 0 Å². The van der Waals surface area contributed by atoms with Crippen molar-refractivity contribution < 1.29 is 0 Å². The molecular weight excluding hydrogens is 306 g/mol. The van der Waals surface area contributed by atoms with Crippen LogP contribution in [0.5, 0.6) is 0 Å². The van der Waals surface area contributed by atoms with Crippen LogP contribution < -0.4 is 8.56 Å². The summed E-state index contributed by atoms with van der Waals surface area (Å²) in [7, 11) is 0. The molecule has 128 valence electrons. The Morgan fingerprint density at radius 1 is 0.636 bits per heavy atom. The Kier molecular flexibility index (Phi) is 13.1. The zero-order valence-electron chi connectivity index (χ0n) is 14.8. The lowest BCUT2D eigenvalue weighted by Crippen LogP contribution is -2.28. The van der Waals surface area contributed by atoms with E-state index in [0.717, 1.165) is 0 Å². The van der Waals surface area contributed by atoms with E-state index < -0.39 is 0 Å². The lowest BCUT2D eigenvalue weighted by atomic mass is 10.1. The number of hydrogen-bond donors (Lipinski definition) is 0. The highest BCUT2D eigenvalue weighted by Gasteiger charge is 2.07. The number of unbranched alkanes of at least 4 members (excludes halogenated alkanes) is 10. The predicted molar refractivity (Wildman–Crippen MR) is 104 cm³/mol. The molecule has 0 atom stereocenters. The Labute approximate surface area is 146 Å². The molecule has 3 heteroatoms. The van der Waals surface area contributed by atoms with Gasteiger partial charge in [-0.25, -0.2) is 4.58 Å². The van der Waals surface area contributed by atoms with Gasteiger partial charge in [0.25, 0.3) is 0 Å². The Bertz CT molecular complexity index is 371. The van der Waals surface area contributed by atoms with Gasteiger partial charge in [0.1, 0.15) is 13.1 Å². The summed E-state index contributed by atoms with van der Waals surface area (Å²) in [6.07, 6.45) is 16.8. The molecule has 1 nitrogen and oxygen atoms in total. The maximum atomic E-state index is 2.65. The van der Waals surface area contributed by atoms with Gasteiger partial charge in [-0.3, -0.25) is 0 Å². The van der Waals surface area contributed by atoms with Crippen molar-refractivity contribution in [1.82, 2.24) is 4.58 Å². The molecule has 1 aromatic heterocycles. The molecule has 0 saturated heterocycles. The smallest absolute Gasteiger partial charge is 0.212 e. The fraction of sp³-hybridized carbons (Fsp3) is 0.842. The molecule has 0 amide bonds. The molecule has 0 bridgehead atoms. The summed E-state index contributed by atoms with van der Waals surface area (Å²) in [5, 5.41) is 4.46. The van der Waals surface area contributed by atoms with Gasteiger partial charge in [0, 0.05) is 23.6 Å². The van der Waals surface area contributed by atoms with Crippen molar-refractivity contribution in [2.24, 2.45) is 0 Å². The van der Waals surface area contributed by atoms with Gasteiger partial charge < -0.3 is 0 Å². The molecule has 0 aliphatic heterocycles. The van der Waals surface area contributed by atoms with Crippen LogP contribution in [0.2, 0.25) is 0 Å². The molecule has 0 radical (unpaired) electrons. The van der Waals surface area contributed by atoms with E-state index >= 15 is 0 Å². The van der Waals surface area contributed by atoms with Crippen molar-refractivity contribution in [2.45, 2.75) is 90.9 Å². The number of nitrogens with zero attached hydrogens (tertiary/aromatic N) is 1. The first-order valence-electron chi connectivity index (χ1n) is 9.48. The van der Waals surface area contributed by atoms with Gasteiger partial charge in [0.2, 0.25) is 0 Å². The minimum absolute atomic E-state index is 1.26. The van der Waals surface area contributed by atoms with Crippen molar-refractivity contribution in [1.29, 1.82) is 0 Å². The molecule has 0 unspecified atom stereocenters. The van der Waals surface area contributed by atoms with E-state index in [9.17, 15) is 0 Å². The van der Waals surface area contributed by atoms with Crippen molar-refractivity contribution in [2.75, 3.05) is 13.1 Å². The fourth-order valence-electron chi connectivity index (χ4n) is 2.81. The quantitative estimate of drug-likeness (QED) is 0.275. The van der Waals surface area contributed by atoms with Crippen LogP contribution in [-0.2, 0) is 0 Å². The van der Waals surface area contributed by atoms with Crippen LogP contribution in [0, 0.1) is 0 Å². The standard InChI is InChI=1S/C19H36NS2/c1-3-5-7-9-11-13-15-20(19-21-17-18-22-19)16-14-12-10-8-6-4-2/h17-18H,3-16H2,1-2H3/q+1. The monoisotopic (exact) mass is 342 g/mol. The number of rotatable bonds is 14. The summed E-state index contributed by atoms with van der Waals surface area (Å²) in [4.78, 5) is 0. The first-order valence-corrected chi connectivity index (χ1v) is 11.2. The van der Waals surface area contributed by atoms with Crippen LogP contribution in [0.3, 0.4) is 0 Å². The molecule has 1 heterocycles. The van der Waals surface area contributed by atoms with Gasteiger partial charge in [-0.05, 0) is 12.8 Å². The second kappa shape index (κ2) is 14.4. The van der Waals surface area contributed by atoms with Crippen molar-refractivity contribution in [3.63, 3.8) is 0 Å². The average molecular weight is 343 g/mol. The van der Waals surface area contributed by atoms with E-state index in [2.05, 4.69) is 29.2 Å². The van der Waals surface area contributed by atoms with Gasteiger partial charge in [-0.1, -0.05) is 87.9 Å². The van der Waals surface area contributed by atoms with Crippen LogP contribution in [0.4, 0.5) is 0 Å². The minimum atomic E-state index is 1.26. The van der Waals surface area contributed by atoms with Crippen LogP contribution in [0.25, 0.3) is 0 Å². The Morgan fingerprint density at radius 3 is 1.50 bits per heavy atom. The van der Waals surface area contributed by atoms with E-state index in [1.54, 1.807) is 0 Å². The Hall–Kier alpha value is -0.150. The van der Waals surface area contributed by atoms with E-state index in [1.807, 2.05) is 22.7 Å². The Balaban J connectivity index is 2.26. The third-order valence-electron chi connectivity index (χ3n) is 4.21. The van der Waals surface area contributed by atoms with Crippen molar-refractivity contribution in [3.8, 4) is 0 Å². The van der Waals surface area contributed by atoms with Crippen LogP contribution in [-0.4, -0.2) is 13.1 Å². The van der Waals surface area contributed by atoms with Gasteiger partial charge in [-0.2, -0.15) is 0 Å². The predicted octanol–water partition coefficient (Wildman–Crippen LogP) is 6.30. The fourth-order valence-corrected chi connectivity index (χ4v) is 4.71. The summed E-state index contributed by atoms with van der Waals surface area (Å²) >= 11 is 3.84. The Morgan fingerprint density at radius 2 is 1.05 bits per heavy atom. The third-order valence-corrected chi connectivity index (χ3v) is 6.43. The largest absolute Gasteiger partial charge is 0.313 e. The van der Waals surface area contributed by atoms with Crippen molar-refractivity contribution in [3.05, 3.63) is 14.7 Å². The van der Waals surface area contributed by atoms with E-state index in [0.29, 0.717) is 0 Å². The summed E-state index contributed by atoms with van der Waals surface area (Å²) in [6.45, 7) is 7.11. The van der Waals surface area contributed by atoms with Gasteiger partial charge in [-0.15, -0.1) is 0 Å². The normalized spacial score (nSPS) is 11.0. The molecule has 0 aromatic carbocycles. The zero-order chi connectivity index (χ0) is 15.9. The van der Waals surface area contributed by atoms with Crippen LogP contribution in [0.1, 0.15) is 90.9 Å². The topological polar surface area (TPSA) is 3.01 Å². The van der Waals surface area contributed by atoms with Gasteiger partial charge in [0.15, 0.2) is 0 Å². The first kappa shape index (κ1) is 19.9. The highest BCUT2D eigenvalue weighted by Crippen LogP contribution is 2.07. The van der Waals surface area contributed by atoms with Gasteiger partial charge >= 0.3 is 3.98 Å². The minimum Gasteiger partial charge on any atom is -0.212 e. The molecule has 0 fully saturated rings. The summed E-state index contributed by atoms with van der Waals surface area (Å²) in [5.41, 5.74) is 0. The molecule has 0 saturated carbocycles. The maximum Gasteiger partial charge on any atom is 0.313 e. The average Bonchev–Trinajstić information content (AvgIpc) is 3.06. The molecule has 0 aliphatic rings. The van der Waals surface area contributed by atoms with E-state index in [4.69, 9.17) is 0 Å². The molecule has 22 heavy (non-hydrogen) atoms. The summed E-state index contributed by atoms with van der Waals surface area (Å²) in [6, 6.07) is 0. The molecule has 0 N–H and O–H groups in total. The van der Waals surface area contributed by atoms with Gasteiger partial charge in [0.05, 0.1) is 0 Å². The zero-order valence-corrected chi connectivity index (χ0v) is 16.5. The maximum absolute atomic E-state index is 2.65. The highest BCUT2D eigenvalue weighted by molar-refractivity contribution is 7.24.